The van der Waals surface area contributed by atoms with Gasteiger partial charge in [0.1, 0.15) is 0 Å². The largest absolute Gasteiger partial charge is 0.396 e. The van der Waals surface area contributed by atoms with Crippen molar-refractivity contribution in [2.45, 2.75) is 19.4 Å². The second-order valence-electron chi connectivity index (χ2n) is 3.78. The standard InChI is InChI=1S/C10H17N3O/c1-2-13-10(3-4-12-13)9-6-11-5-8(9)7-14/h3-4,8-9,11,14H,2,5-7H2,1H3/t8-,9+/m0/s1. The Morgan fingerprint density at radius 2 is 2.50 bits per heavy atom. The summed E-state index contributed by atoms with van der Waals surface area (Å²) in [6, 6.07) is 2.06. The fraction of sp³-hybridized carbons (Fsp3) is 0.700. The molecule has 0 aliphatic carbocycles. The van der Waals surface area contributed by atoms with Crippen molar-refractivity contribution in [2.24, 2.45) is 5.92 Å². The van der Waals surface area contributed by atoms with Gasteiger partial charge in [-0.25, -0.2) is 0 Å². The van der Waals surface area contributed by atoms with Crippen LogP contribution in [-0.2, 0) is 6.54 Å². The maximum Gasteiger partial charge on any atom is 0.0492 e. The summed E-state index contributed by atoms with van der Waals surface area (Å²) in [5, 5.41) is 16.8. The molecule has 14 heavy (non-hydrogen) atoms. The zero-order valence-corrected chi connectivity index (χ0v) is 8.48. The van der Waals surface area contributed by atoms with E-state index >= 15 is 0 Å². The van der Waals surface area contributed by atoms with Gasteiger partial charge in [0.2, 0.25) is 0 Å². The number of aliphatic hydroxyl groups is 1. The van der Waals surface area contributed by atoms with E-state index in [4.69, 9.17) is 0 Å². The van der Waals surface area contributed by atoms with E-state index in [1.165, 1.54) is 5.69 Å². The Kier molecular flexibility index (Phi) is 2.84. The minimum atomic E-state index is 0.257. The van der Waals surface area contributed by atoms with Crippen LogP contribution in [-0.4, -0.2) is 34.6 Å². The van der Waals surface area contributed by atoms with Crippen molar-refractivity contribution in [3.8, 4) is 0 Å². The van der Waals surface area contributed by atoms with Crippen LogP contribution >= 0.6 is 0 Å². The second kappa shape index (κ2) is 4.11. The van der Waals surface area contributed by atoms with Crippen molar-refractivity contribution >= 4 is 0 Å². The van der Waals surface area contributed by atoms with E-state index in [-0.39, 0.29) is 6.61 Å². The van der Waals surface area contributed by atoms with Crippen LogP contribution in [0.2, 0.25) is 0 Å². The topological polar surface area (TPSA) is 50.1 Å². The molecule has 0 saturated carbocycles. The van der Waals surface area contributed by atoms with E-state index in [1.54, 1.807) is 0 Å². The summed E-state index contributed by atoms with van der Waals surface area (Å²) in [6.45, 7) is 5.11. The van der Waals surface area contributed by atoms with Gasteiger partial charge in [0.05, 0.1) is 0 Å². The summed E-state index contributed by atoms with van der Waals surface area (Å²) in [6.07, 6.45) is 1.84. The van der Waals surface area contributed by atoms with Crippen LogP contribution in [0.25, 0.3) is 0 Å². The van der Waals surface area contributed by atoms with Crippen LogP contribution in [0, 0.1) is 5.92 Å². The molecule has 78 valence electrons. The Morgan fingerprint density at radius 1 is 1.64 bits per heavy atom. The van der Waals surface area contributed by atoms with Gasteiger partial charge in [0, 0.05) is 50.0 Å². The first-order valence-electron chi connectivity index (χ1n) is 5.20. The van der Waals surface area contributed by atoms with Gasteiger partial charge in [0.15, 0.2) is 0 Å². The normalized spacial score (nSPS) is 27.0. The van der Waals surface area contributed by atoms with E-state index in [9.17, 15) is 5.11 Å². The maximum absolute atomic E-state index is 9.23. The number of rotatable bonds is 3. The zero-order chi connectivity index (χ0) is 9.97. The lowest BCUT2D eigenvalue weighted by molar-refractivity contribution is 0.223. The molecule has 2 N–H and O–H groups in total. The molecule has 4 heteroatoms. The molecule has 4 nitrogen and oxygen atoms in total. The minimum absolute atomic E-state index is 0.257. The molecule has 1 aromatic heterocycles. The van der Waals surface area contributed by atoms with Crippen molar-refractivity contribution in [3.05, 3.63) is 18.0 Å². The quantitative estimate of drug-likeness (QED) is 0.724. The van der Waals surface area contributed by atoms with Crippen molar-refractivity contribution in [1.82, 2.24) is 15.1 Å². The van der Waals surface area contributed by atoms with E-state index in [0.717, 1.165) is 19.6 Å². The average Bonchev–Trinajstić information content (AvgIpc) is 2.85. The molecule has 2 rings (SSSR count). The first-order valence-corrected chi connectivity index (χ1v) is 5.20. The van der Waals surface area contributed by atoms with Crippen LogP contribution in [0.5, 0.6) is 0 Å². The molecule has 0 aromatic carbocycles. The Morgan fingerprint density at radius 3 is 3.21 bits per heavy atom. The lowest BCUT2D eigenvalue weighted by Crippen LogP contribution is -2.18. The highest BCUT2D eigenvalue weighted by Crippen LogP contribution is 2.27. The van der Waals surface area contributed by atoms with Crippen molar-refractivity contribution in [3.63, 3.8) is 0 Å². The van der Waals surface area contributed by atoms with Gasteiger partial charge in [-0.05, 0) is 13.0 Å². The van der Waals surface area contributed by atoms with Crippen LogP contribution in [0.3, 0.4) is 0 Å². The van der Waals surface area contributed by atoms with Crippen LogP contribution in [0.4, 0.5) is 0 Å². The molecule has 1 saturated heterocycles. The van der Waals surface area contributed by atoms with Crippen molar-refractivity contribution < 1.29 is 5.11 Å². The molecule has 0 spiro atoms. The summed E-state index contributed by atoms with van der Waals surface area (Å²) >= 11 is 0. The Bertz CT molecular complexity index is 297. The zero-order valence-electron chi connectivity index (χ0n) is 8.48. The second-order valence-corrected chi connectivity index (χ2v) is 3.78. The number of hydrogen-bond acceptors (Lipinski definition) is 3. The first kappa shape index (κ1) is 9.68. The minimum Gasteiger partial charge on any atom is -0.396 e. The molecule has 1 aromatic rings. The van der Waals surface area contributed by atoms with Gasteiger partial charge in [0.25, 0.3) is 0 Å². The fourth-order valence-corrected chi connectivity index (χ4v) is 2.19. The van der Waals surface area contributed by atoms with Crippen LogP contribution < -0.4 is 5.32 Å². The lowest BCUT2D eigenvalue weighted by atomic mass is 9.93. The Hall–Kier alpha value is -0.870. The smallest absolute Gasteiger partial charge is 0.0492 e. The predicted molar refractivity (Wildman–Crippen MR) is 54.1 cm³/mol. The molecular formula is C10H17N3O. The predicted octanol–water partition coefficient (Wildman–Crippen LogP) is 0.198. The van der Waals surface area contributed by atoms with Gasteiger partial charge < -0.3 is 10.4 Å². The van der Waals surface area contributed by atoms with Crippen LogP contribution in [0.1, 0.15) is 18.5 Å². The Balaban J connectivity index is 2.21. The fourth-order valence-electron chi connectivity index (χ4n) is 2.19. The molecule has 2 atom stereocenters. The highest BCUT2D eigenvalue weighted by Gasteiger charge is 2.29. The van der Waals surface area contributed by atoms with Gasteiger partial charge in [-0.2, -0.15) is 5.10 Å². The monoisotopic (exact) mass is 195 g/mol. The molecule has 1 aliphatic heterocycles. The number of hydrogen-bond donors (Lipinski definition) is 2. The van der Waals surface area contributed by atoms with Gasteiger partial charge in [-0.15, -0.1) is 0 Å². The lowest BCUT2D eigenvalue weighted by Gasteiger charge is -2.17. The molecule has 0 amide bonds. The molecule has 1 aliphatic rings. The van der Waals surface area contributed by atoms with Crippen molar-refractivity contribution in [2.75, 3.05) is 19.7 Å². The third-order valence-corrected chi connectivity index (χ3v) is 3.00. The number of aromatic nitrogens is 2. The molecule has 0 bridgehead atoms. The summed E-state index contributed by atoms with van der Waals surface area (Å²) in [7, 11) is 0. The third kappa shape index (κ3) is 1.55. The van der Waals surface area contributed by atoms with E-state index in [1.807, 2.05) is 10.9 Å². The molecule has 1 fully saturated rings. The molecule has 0 unspecified atom stereocenters. The van der Waals surface area contributed by atoms with Gasteiger partial charge >= 0.3 is 0 Å². The third-order valence-electron chi connectivity index (χ3n) is 3.00. The van der Waals surface area contributed by atoms with Crippen molar-refractivity contribution in [1.29, 1.82) is 0 Å². The Labute approximate surface area is 83.9 Å². The molecule has 2 heterocycles. The number of aliphatic hydroxyl groups excluding tert-OH is 1. The van der Waals surface area contributed by atoms with E-state index in [2.05, 4.69) is 23.4 Å². The van der Waals surface area contributed by atoms with E-state index < -0.39 is 0 Å². The summed E-state index contributed by atoms with van der Waals surface area (Å²) in [5.74, 6) is 0.763. The SMILES string of the molecule is CCn1nccc1[C@@H]1CNC[C@H]1CO. The average molecular weight is 195 g/mol. The number of aryl methyl sites for hydroxylation is 1. The summed E-state index contributed by atoms with van der Waals surface area (Å²) in [4.78, 5) is 0. The highest BCUT2D eigenvalue weighted by molar-refractivity contribution is 5.12. The first-order chi connectivity index (χ1) is 6.86. The van der Waals surface area contributed by atoms with Crippen LogP contribution in [0.15, 0.2) is 12.3 Å². The van der Waals surface area contributed by atoms with Gasteiger partial charge in [-0.1, -0.05) is 0 Å². The molecular weight excluding hydrogens is 178 g/mol. The maximum atomic E-state index is 9.23. The highest BCUT2D eigenvalue weighted by atomic mass is 16.3. The number of nitrogens with zero attached hydrogens (tertiary/aromatic N) is 2. The number of nitrogens with one attached hydrogen (secondary N) is 1. The van der Waals surface area contributed by atoms with Gasteiger partial charge in [-0.3, -0.25) is 4.68 Å². The summed E-state index contributed by atoms with van der Waals surface area (Å²) < 4.78 is 2.01. The summed E-state index contributed by atoms with van der Waals surface area (Å²) in [5.41, 5.74) is 1.25. The van der Waals surface area contributed by atoms with E-state index in [0.29, 0.717) is 11.8 Å². The molecule has 0 radical (unpaired) electrons.